The summed E-state index contributed by atoms with van der Waals surface area (Å²) in [5.74, 6) is -1.84. The number of carbonyl (C=O) groups excluding carboxylic acids is 3. The van der Waals surface area contributed by atoms with Crippen LogP contribution in [0.15, 0.2) is 72.9 Å². The second-order valence-electron chi connectivity index (χ2n) is 16.3. The topological polar surface area (TPSA) is 102 Å². The Morgan fingerprint density at radius 3 is 1.40 bits per heavy atom. The third-order valence-corrected chi connectivity index (χ3v) is 9.87. The van der Waals surface area contributed by atoms with Gasteiger partial charge >= 0.3 is 11.9 Å². The van der Waals surface area contributed by atoms with Crippen molar-refractivity contribution in [2.75, 3.05) is 41.0 Å². The molecule has 0 bridgehead atoms. The van der Waals surface area contributed by atoms with Crippen LogP contribution in [0.25, 0.3) is 0 Å². The number of hydrogen-bond donors (Lipinski definition) is 0. The summed E-state index contributed by atoms with van der Waals surface area (Å²) in [5, 5.41) is 11.6. The minimum Gasteiger partial charge on any atom is -0.544 e. The number of allylic oxidation sites excluding steroid dienone is 12. The van der Waals surface area contributed by atoms with Crippen LogP contribution < -0.4 is 5.11 Å². The monoisotopic (exact) mass is 812 g/mol. The average molecular weight is 812 g/mol. The zero-order valence-corrected chi connectivity index (χ0v) is 37.7. The van der Waals surface area contributed by atoms with Crippen LogP contribution in [-0.2, 0) is 28.6 Å². The van der Waals surface area contributed by atoms with Gasteiger partial charge in [0.25, 0.3) is 0 Å². The Kier molecular flexibility index (Phi) is 38.3. The van der Waals surface area contributed by atoms with Gasteiger partial charge in [-0.2, -0.15) is 0 Å². The van der Waals surface area contributed by atoms with Crippen LogP contribution in [0.1, 0.15) is 174 Å². The molecule has 8 nitrogen and oxygen atoms in total. The van der Waals surface area contributed by atoms with Crippen LogP contribution >= 0.6 is 0 Å². The molecular weight excluding hydrogens is 727 g/mol. The van der Waals surface area contributed by atoms with Crippen LogP contribution in [0.4, 0.5) is 0 Å². The third kappa shape index (κ3) is 38.3. The lowest BCUT2D eigenvalue weighted by Gasteiger charge is -2.34. The van der Waals surface area contributed by atoms with E-state index in [1.807, 2.05) is 12.2 Å². The smallest absolute Gasteiger partial charge is 0.306 e. The normalized spacial score (nSPS) is 13.6. The van der Waals surface area contributed by atoms with Gasteiger partial charge in [-0.25, -0.2) is 0 Å². The number of esters is 2. The molecule has 0 aliphatic rings. The maximum Gasteiger partial charge on any atom is 0.306 e. The first-order valence-electron chi connectivity index (χ1n) is 23.0. The highest BCUT2D eigenvalue weighted by molar-refractivity contribution is 5.70. The molecule has 0 N–H and O–H groups in total. The van der Waals surface area contributed by atoms with Crippen LogP contribution in [0.5, 0.6) is 0 Å². The number of unbranched alkanes of at least 4 members (excludes halogenated alkanes) is 14. The minimum absolute atomic E-state index is 0.0158. The van der Waals surface area contributed by atoms with Gasteiger partial charge in [-0.15, -0.1) is 0 Å². The quantitative estimate of drug-likeness (QED) is 0.0263. The van der Waals surface area contributed by atoms with Crippen molar-refractivity contribution in [3.05, 3.63) is 72.9 Å². The minimum atomic E-state index is -1.14. The Morgan fingerprint density at radius 1 is 0.534 bits per heavy atom. The van der Waals surface area contributed by atoms with Crippen LogP contribution in [0, 0.1) is 0 Å². The highest BCUT2D eigenvalue weighted by atomic mass is 16.6. The van der Waals surface area contributed by atoms with Gasteiger partial charge in [0.05, 0.1) is 40.3 Å². The number of nitrogens with zero attached hydrogens (tertiary/aromatic N) is 1. The van der Waals surface area contributed by atoms with Gasteiger partial charge in [0.2, 0.25) is 0 Å². The molecule has 0 heterocycles. The number of rotatable bonds is 40. The lowest BCUT2D eigenvalue weighted by molar-refractivity contribution is -0.889. The van der Waals surface area contributed by atoms with Crippen molar-refractivity contribution in [2.24, 2.45) is 0 Å². The molecule has 0 amide bonds. The summed E-state index contributed by atoms with van der Waals surface area (Å²) < 4.78 is 17.1. The van der Waals surface area contributed by atoms with E-state index in [0.29, 0.717) is 12.8 Å². The fourth-order valence-electron chi connectivity index (χ4n) is 6.33. The number of carboxylic acids is 1. The summed E-state index contributed by atoms with van der Waals surface area (Å²) in [5.41, 5.74) is 0. The van der Waals surface area contributed by atoms with Gasteiger partial charge in [-0.05, 0) is 51.4 Å². The van der Waals surface area contributed by atoms with E-state index in [2.05, 4.69) is 74.6 Å². The first-order chi connectivity index (χ1) is 28.1. The van der Waals surface area contributed by atoms with Crippen molar-refractivity contribution in [1.29, 1.82) is 0 Å². The van der Waals surface area contributed by atoms with Gasteiger partial charge < -0.3 is 28.6 Å². The third-order valence-electron chi connectivity index (χ3n) is 9.87. The second kappa shape index (κ2) is 40.5. The van der Waals surface area contributed by atoms with E-state index in [0.717, 1.165) is 57.8 Å². The molecule has 0 saturated carbocycles. The predicted molar refractivity (Wildman–Crippen MR) is 240 cm³/mol. The van der Waals surface area contributed by atoms with Crippen LogP contribution in [0.2, 0.25) is 0 Å². The van der Waals surface area contributed by atoms with Crippen molar-refractivity contribution >= 4 is 17.9 Å². The Labute approximate surface area is 355 Å². The van der Waals surface area contributed by atoms with E-state index in [9.17, 15) is 19.5 Å². The summed E-state index contributed by atoms with van der Waals surface area (Å²) in [7, 11) is 5.38. The molecule has 0 spiro atoms. The number of likely N-dealkylation sites (N-methyl/N-ethyl adjacent to an activating group) is 1. The van der Waals surface area contributed by atoms with E-state index in [4.69, 9.17) is 14.2 Å². The fourth-order valence-corrected chi connectivity index (χ4v) is 6.33. The molecule has 0 aliphatic carbocycles. The number of hydrogen-bond acceptors (Lipinski definition) is 7. The highest BCUT2D eigenvalue weighted by Gasteiger charge is 2.25. The van der Waals surface area contributed by atoms with E-state index in [1.54, 1.807) is 21.1 Å². The molecule has 8 heteroatoms. The van der Waals surface area contributed by atoms with Crippen molar-refractivity contribution in [2.45, 2.75) is 187 Å². The predicted octanol–water partition coefficient (Wildman–Crippen LogP) is 11.4. The summed E-state index contributed by atoms with van der Waals surface area (Å²) in [4.78, 5) is 36.9. The second-order valence-corrected chi connectivity index (χ2v) is 16.3. The van der Waals surface area contributed by atoms with Gasteiger partial charge in [-0.3, -0.25) is 9.59 Å². The molecule has 2 unspecified atom stereocenters. The zero-order chi connectivity index (χ0) is 42.8. The fraction of sp³-hybridized carbons (Fsp3) is 0.700. The Hall–Kier alpha value is -3.23. The Morgan fingerprint density at radius 2 is 0.966 bits per heavy atom. The number of ether oxygens (including phenoxy) is 3. The molecule has 0 aliphatic heterocycles. The summed E-state index contributed by atoms with van der Waals surface area (Å²) in [6, 6.07) is -0.738. The van der Waals surface area contributed by atoms with Crippen molar-refractivity contribution in [1.82, 2.24) is 0 Å². The molecule has 0 aromatic heterocycles. The van der Waals surface area contributed by atoms with Crippen molar-refractivity contribution < 1.29 is 38.2 Å². The zero-order valence-electron chi connectivity index (χ0n) is 37.7. The molecule has 0 saturated heterocycles. The van der Waals surface area contributed by atoms with E-state index in [1.165, 1.54) is 77.0 Å². The first kappa shape index (κ1) is 54.8. The molecule has 2 atom stereocenters. The molecule has 58 heavy (non-hydrogen) atoms. The number of carboxylic acid groups (broad SMARTS) is 1. The number of quaternary nitrogens is 1. The van der Waals surface area contributed by atoms with Crippen LogP contribution in [-0.4, -0.2) is 75.5 Å². The molecule has 0 aromatic rings. The van der Waals surface area contributed by atoms with Crippen LogP contribution in [0.3, 0.4) is 0 Å². The number of aliphatic carboxylic acids is 1. The maximum atomic E-state index is 12.7. The standard InChI is InChI=1S/C50H85NO7/c1-6-8-10-12-14-16-18-20-22-23-24-25-27-28-30-32-34-36-38-40-48(52)57-45-46(44-56-43-42-47(50(54)55)51(3,4)5)58-49(53)41-39-37-35-33-31-29-26-21-19-17-15-13-11-9-7-2/h8,10,14,16,20,22,24-25,28,30,34,36,46-47H,6-7,9,11-13,15,17-19,21,23,26-27,29,31-33,35,37-45H2,1-5H3/b10-8+,16-14+,22-20+,25-24+,30-28+,36-34+. The Balaban J connectivity index is 4.44. The molecular formula is C50H85NO7. The summed E-state index contributed by atoms with van der Waals surface area (Å²) >= 11 is 0. The highest BCUT2D eigenvalue weighted by Crippen LogP contribution is 2.15. The maximum absolute atomic E-state index is 12.7. The van der Waals surface area contributed by atoms with Gasteiger partial charge in [0.15, 0.2) is 6.10 Å². The van der Waals surface area contributed by atoms with Gasteiger partial charge in [-0.1, -0.05) is 177 Å². The van der Waals surface area contributed by atoms with Crippen molar-refractivity contribution in [3.63, 3.8) is 0 Å². The van der Waals surface area contributed by atoms with E-state index >= 15 is 0 Å². The van der Waals surface area contributed by atoms with E-state index < -0.39 is 18.1 Å². The van der Waals surface area contributed by atoms with Gasteiger partial charge in [0, 0.05) is 19.3 Å². The Bertz CT molecular complexity index is 1180. The molecule has 0 radical (unpaired) electrons. The lowest BCUT2D eigenvalue weighted by atomic mass is 10.0. The summed E-state index contributed by atoms with van der Waals surface area (Å²) in [6.45, 7) is 4.47. The SMILES string of the molecule is CC/C=C/C/C=C/C/C=C/C/C=C/C/C=C/C/C=C/CCC(=O)OCC(COCCC(C(=O)[O-])[N+](C)(C)C)OC(=O)CCCCCCCCCCCCCCCCC. The number of carbonyl (C=O) groups is 3. The largest absolute Gasteiger partial charge is 0.544 e. The molecule has 332 valence electrons. The van der Waals surface area contributed by atoms with E-state index in [-0.39, 0.29) is 49.1 Å². The molecule has 0 rings (SSSR count). The molecule has 0 fully saturated rings. The lowest BCUT2D eigenvalue weighted by Crippen LogP contribution is -2.55. The first-order valence-corrected chi connectivity index (χ1v) is 23.0. The molecule has 0 aromatic carbocycles. The van der Waals surface area contributed by atoms with Crippen molar-refractivity contribution in [3.8, 4) is 0 Å². The summed E-state index contributed by atoms with van der Waals surface area (Å²) in [6.07, 6.45) is 50.8. The average Bonchev–Trinajstić information content (AvgIpc) is 3.18. The van der Waals surface area contributed by atoms with Gasteiger partial charge in [0.1, 0.15) is 12.6 Å².